The first-order valence-corrected chi connectivity index (χ1v) is 14.6. The van der Waals surface area contributed by atoms with Gasteiger partial charge in [0.1, 0.15) is 12.6 Å². The van der Waals surface area contributed by atoms with Gasteiger partial charge < -0.3 is 10.2 Å². The Kier molecular flexibility index (Phi) is 9.30. The maximum absolute atomic E-state index is 13.7. The predicted octanol–water partition coefficient (Wildman–Crippen LogP) is 4.85. The fourth-order valence-electron chi connectivity index (χ4n) is 4.52. The molecule has 0 spiro atoms. The van der Waals surface area contributed by atoms with Crippen molar-refractivity contribution in [2.45, 2.75) is 65.1 Å². The van der Waals surface area contributed by atoms with Crippen LogP contribution in [0.5, 0.6) is 0 Å². The fourth-order valence-corrected chi connectivity index (χ4v) is 5.82. The van der Waals surface area contributed by atoms with Gasteiger partial charge in [-0.1, -0.05) is 48.2 Å². The van der Waals surface area contributed by atoms with Gasteiger partial charge in [-0.15, -0.1) is 0 Å². The zero-order valence-corrected chi connectivity index (χ0v) is 23.4. The van der Waals surface area contributed by atoms with Crippen LogP contribution in [0, 0.1) is 13.8 Å². The highest BCUT2D eigenvalue weighted by molar-refractivity contribution is 7.92. The maximum Gasteiger partial charge on any atom is 0.244 e. The molecule has 36 heavy (non-hydrogen) atoms. The zero-order chi connectivity index (χ0) is 26.6. The number of nitrogens with one attached hydrogen (secondary N) is 1. The summed E-state index contributed by atoms with van der Waals surface area (Å²) < 4.78 is 26.5. The Balaban J connectivity index is 1.93. The molecule has 2 amide bonds. The van der Waals surface area contributed by atoms with E-state index in [2.05, 4.69) is 5.32 Å². The van der Waals surface area contributed by atoms with Crippen LogP contribution in [0.3, 0.4) is 0 Å². The van der Waals surface area contributed by atoms with E-state index in [1.807, 2.05) is 19.9 Å². The number of halogens is 2. The molecule has 0 aromatic heterocycles. The number of rotatable bonds is 9. The van der Waals surface area contributed by atoms with Crippen LogP contribution in [-0.4, -0.2) is 50.0 Å². The summed E-state index contributed by atoms with van der Waals surface area (Å²) in [7, 11) is -3.79. The molecule has 3 rings (SSSR count). The maximum atomic E-state index is 13.7. The summed E-state index contributed by atoms with van der Waals surface area (Å²) in [5.41, 5.74) is 2.75. The molecular weight excluding hydrogens is 521 g/mol. The van der Waals surface area contributed by atoms with Gasteiger partial charge in [-0.05, 0) is 74.6 Å². The first kappa shape index (κ1) is 28.3. The summed E-state index contributed by atoms with van der Waals surface area (Å²) in [6.45, 7) is 4.95. The van der Waals surface area contributed by atoms with E-state index in [0.717, 1.165) is 47.4 Å². The van der Waals surface area contributed by atoms with Gasteiger partial charge in [0.2, 0.25) is 21.8 Å². The van der Waals surface area contributed by atoms with E-state index < -0.39 is 28.5 Å². The van der Waals surface area contributed by atoms with E-state index in [9.17, 15) is 18.0 Å². The molecule has 1 saturated carbocycles. The van der Waals surface area contributed by atoms with E-state index in [1.54, 1.807) is 37.3 Å². The molecule has 10 heteroatoms. The summed E-state index contributed by atoms with van der Waals surface area (Å²) in [5.74, 6) is -0.794. The van der Waals surface area contributed by atoms with Gasteiger partial charge in [-0.2, -0.15) is 0 Å². The van der Waals surface area contributed by atoms with Crippen molar-refractivity contribution in [2.75, 3.05) is 17.1 Å². The first-order valence-electron chi connectivity index (χ1n) is 11.9. The summed E-state index contributed by atoms with van der Waals surface area (Å²) in [4.78, 5) is 28.2. The molecule has 2 aromatic rings. The molecule has 1 aliphatic carbocycles. The average Bonchev–Trinajstić information content (AvgIpc) is 3.28. The van der Waals surface area contributed by atoms with Crippen LogP contribution in [0.15, 0.2) is 36.4 Å². The Morgan fingerprint density at radius 2 is 1.67 bits per heavy atom. The highest BCUT2D eigenvalue weighted by Gasteiger charge is 2.31. The van der Waals surface area contributed by atoms with Crippen molar-refractivity contribution in [1.82, 2.24) is 10.2 Å². The zero-order valence-electron chi connectivity index (χ0n) is 21.1. The Morgan fingerprint density at radius 1 is 1.06 bits per heavy atom. The molecule has 2 aromatic carbocycles. The normalized spacial score (nSPS) is 14.9. The molecule has 7 nitrogen and oxygen atoms in total. The SMILES string of the molecule is Cc1cc(C)cc(N(CC(=O)N(Cc2ccc(Cl)cc2Cl)C(C)C(=O)NC2CCCC2)S(C)(=O)=O)c1. The first-order chi connectivity index (χ1) is 16.8. The minimum Gasteiger partial charge on any atom is -0.352 e. The summed E-state index contributed by atoms with van der Waals surface area (Å²) in [6.07, 6.45) is 4.99. The lowest BCUT2D eigenvalue weighted by molar-refractivity contribution is -0.139. The van der Waals surface area contributed by atoms with Crippen LogP contribution in [0.4, 0.5) is 5.69 Å². The van der Waals surface area contributed by atoms with Gasteiger partial charge in [0.15, 0.2) is 0 Å². The number of anilines is 1. The van der Waals surface area contributed by atoms with Crippen molar-refractivity contribution in [3.05, 3.63) is 63.1 Å². The molecule has 1 aliphatic rings. The number of hydrogen-bond donors (Lipinski definition) is 1. The molecule has 1 atom stereocenters. The Morgan fingerprint density at radius 3 is 2.22 bits per heavy atom. The van der Waals surface area contributed by atoms with Gasteiger partial charge in [-0.25, -0.2) is 8.42 Å². The number of aryl methyl sites for hydroxylation is 2. The number of amides is 2. The smallest absolute Gasteiger partial charge is 0.244 e. The van der Waals surface area contributed by atoms with Crippen molar-refractivity contribution in [1.29, 1.82) is 0 Å². The second-order valence-corrected chi connectivity index (χ2v) is 12.3. The number of nitrogens with zero attached hydrogens (tertiary/aromatic N) is 2. The summed E-state index contributed by atoms with van der Waals surface area (Å²) in [6, 6.07) is 9.54. The van der Waals surface area contributed by atoms with Crippen molar-refractivity contribution in [2.24, 2.45) is 0 Å². The van der Waals surface area contributed by atoms with E-state index in [0.29, 0.717) is 21.3 Å². The van der Waals surface area contributed by atoms with Crippen molar-refractivity contribution >= 4 is 50.7 Å². The molecule has 0 saturated heterocycles. The number of carbonyl (C=O) groups is 2. The van der Waals surface area contributed by atoms with Gasteiger partial charge in [0.05, 0.1) is 11.9 Å². The topological polar surface area (TPSA) is 86.8 Å². The number of hydrogen-bond acceptors (Lipinski definition) is 4. The second-order valence-electron chi connectivity index (χ2n) is 9.54. The standard InChI is InChI=1S/C26H33Cl2N3O4S/c1-17-11-18(2)13-23(12-17)31(36(4,34)35)16-25(32)30(15-20-9-10-21(27)14-24(20)28)19(3)26(33)29-22-7-5-6-8-22/h9-14,19,22H,5-8,15-16H2,1-4H3,(H,29,33). The van der Waals surface area contributed by atoms with E-state index in [4.69, 9.17) is 23.2 Å². The molecule has 196 valence electrons. The molecule has 1 N–H and O–H groups in total. The van der Waals surface area contributed by atoms with Gasteiger partial charge in [0, 0.05) is 22.6 Å². The lowest BCUT2D eigenvalue weighted by Gasteiger charge is -2.32. The Hall–Kier alpha value is -2.29. The summed E-state index contributed by atoms with van der Waals surface area (Å²) >= 11 is 12.4. The third-order valence-electron chi connectivity index (χ3n) is 6.40. The monoisotopic (exact) mass is 553 g/mol. The van der Waals surface area contributed by atoms with Gasteiger partial charge >= 0.3 is 0 Å². The molecular formula is C26H33Cl2N3O4S. The molecule has 0 bridgehead atoms. The van der Waals surface area contributed by atoms with Crippen LogP contribution < -0.4 is 9.62 Å². The molecule has 1 unspecified atom stereocenters. The highest BCUT2D eigenvalue weighted by Crippen LogP contribution is 2.25. The fraction of sp³-hybridized carbons (Fsp3) is 0.462. The summed E-state index contributed by atoms with van der Waals surface area (Å²) in [5, 5.41) is 3.84. The second kappa shape index (κ2) is 11.8. The predicted molar refractivity (Wildman–Crippen MR) is 145 cm³/mol. The van der Waals surface area contributed by atoms with Crippen molar-refractivity contribution in [3.63, 3.8) is 0 Å². The van der Waals surface area contributed by atoms with Gasteiger partial charge in [-0.3, -0.25) is 13.9 Å². The average molecular weight is 555 g/mol. The van der Waals surface area contributed by atoms with Crippen LogP contribution in [-0.2, 0) is 26.2 Å². The number of carbonyl (C=O) groups excluding carboxylic acids is 2. The molecule has 1 fully saturated rings. The third kappa shape index (κ3) is 7.37. The van der Waals surface area contributed by atoms with Crippen LogP contribution in [0.2, 0.25) is 10.0 Å². The molecule has 0 radical (unpaired) electrons. The lowest BCUT2D eigenvalue weighted by atomic mass is 10.1. The van der Waals surface area contributed by atoms with Gasteiger partial charge in [0.25, 0.3) is 0 Å². The van der Waals surface area contributed by atoms with Crippen molar-refractivity contribution < 1.29 is 18.0 Å². The van der Waals surface area contributed by atoms with Crippen LogP contribution in [0.25, 0.3) is 0 Å². The quantitative estimate of drug-likeness (QED) is 0.480. The number of benzene rings is 2. The van der Waals surface area contributed by atoms with Crippen molar-refractivity contribution in [3.8, 4) is 0 Å². The minimum absolute atomic E-state index is 0.0263. The van der Waals surface area contributed by atoms with E-state index in [1.165, 1.54) is 4.90 Å². The van der Waals surface area contributed by atoms with Crippen LogP contribution >= 0.6 is 23.2 Å². The highest BCUT2D eigenvalue weighted by atomic mass is 35.5. The third-order valence-corrected chi connectivity index (χ3v) is 8.13. The number of sulfonamides is 1. The Bertz CT molecular complexity index is 1210. The van der Waals surface area contributed by atoms with Crippen LogP contribution in [0.1, 0.15) is 49.3 Å². The largest absolute Gasteiger partial charge is 0.352 e. The molecule has 0 aliphatic heterocycles. The lowest BCUT2D eigenvalue weighted by Crippen LogP contribution is -2.52. The minimum atomic E-state index is -3.79. The Labute approximate surface area is 223 Å². The molecule has 0 heterocycles. The van der Waals surface area contributed by atoms with E-state index in [-0.39, 0.29) is 18.5 Å². The van der Waals surface area contributed by atoms with E-state index >= 15 is 0 Å².